The first-order chi connectivity index (χ1) is 16.4. The van der Waals surface area contributed by atoms with E-state index in [9.17, 15) is 4.79 Å². The Morgan fingerprint density at radius 3 is 2.32 bits per heavy atom. The molecule has 1 aliphatic rings. The fourth-order valence-electron chi connectivity index (χ4n) is 4.54. The predicted molar refractivity (Wildman–Crippen MR) is 134 cm³/mol. The lowest BCUT2D eigenvalue weighted by Gasteiger charge is -2.38. The van der Waals surface area contributed by atoms with Crippen LogP contribution in [0.4, 0.5) is 0 Å². The average Bonchev–Trinajstić information content (AvgIpc) is 2.86. The average molecular weight is 460 g/mol. The molecule has 0 unspecified atom stereocenters. The van der Waals surface area contributed by atoms with E-state index in [0.717, 1.165) is 34.4 Å². The number of nitrogens with zero attached hydrogens (tertiary/aromatic N) is 1. The molecule has 0 spiro atoms. The molecule has 1 aliphatic heterocycles. The lowest BCUT2D eigenvalue weighted by molar-refractivity contribution is 0.0588. The molecule has 0 N–H and O–H groups in total. The van der Waals surface area contributed by atoms with Gasteiger partial charge in [-0.2, -0.15) is 0 Å². The number of hydrogen-bond donors (Lipinski definition) is 0. The van der Waals surface area contributed by atoms with Gasteiger partial charge < -0.3 is 19.1 Å². The largest absolute Gasteiger partial charge is 0.493 e. The number of ether oxygens (including phenoxy) is 3. The highest BCUT2D eigenvalue weighted by Crippen LogP contribution is 2.39. The molecule has 178 valence electrons. The minimum absolute atomic E-state index is 0.0160. The molecular weight excluding hydrogens is 426 g/mol. The van der Waals surface area contributed by atoms with Crippen LogP contribution in [0.3, 0.4) is 0 Å². The van der Waals surface area contributed by atoms with Crippen molar-refractivity contribution in [1.29, 1.82) is 0 Å². The minimum Gasteiger partial charge on any atom is -0.493 e. The quantitative estimate of drug-likeness (QED) is 0.438. The van der Waals surface area contributed by atoms with E-state index >= 15 is 0 Å². The van der Waals surface area contributed by atoms with Crippen molar-refractivity contribution in [3.05, 3.63) is 88.5 Å². The monoisotopic (exact) mass is 459 g/mol. The van der Waals surface area contributed by atoms with E-state index < -0.39 is 0 Å². The van der Waals surface area contributed by atoms with Gasteiger partial charge in [0.25, 0.3) is 5.91 Å². The van der Waals surface area contributed by atoms with Crippen LogP contribution in [-0.2, 0) is 6.42 Å². The molecule has 5 nitrogen and oxygen atoms in total. The number of carbonyl (C=O) groups is 1. The summed E-state index contributed by atoms with van der Waals surface area (Å²) in [5.74, 6) is 2.62. The molecule has 1 atom stereocenters. The minimum atomic E-state index is -0.250. The molecule has 3 aromatic carbocycles. The van der Waals surface area contributed by atoms with E-state index in [-0.39, 0.29) is 11.9 Å². The highest BCUT2D eigenvalue weighted by molar-refractivity contribution is 5.96. The fraction of sp³-hybridized carbons (Fsp3) is 0.345. The van der Waals surface area contributed by atoms with Gasteiger partial charge >= 0.3 is 0 Å². The maximum atomic E-state index is 13.7. The second-order valence-corrected chi connectivity index (χ2v) is 9.02. The first-order valence-corrected chi connectivity index (χ1v) is 11.8. The summed E-state index contributed by atoms with van der Waals surface area (Å²) < 4.78 is 17.3. The Kier molecular flexibility index (Phi) is 7.11. The summed E-state index contributed by atoms with van der Waals surface area (Å²) in [6, 6.07) is 19.7. The Morgan fingerprint density at radius 2 is 1.68 bits per heavy atom. The van der Waals surface area contributed by atoms with Crippen molar-refractivity contribution in [2.75, 3.05) is 27.4 Å². The second-order valence-electron chi connectivity index (χ2n) is 9.02. The van der Waals surface area contributed by atoms with Crippen LogP contribution in [0.1, 0.15) is 58.4 Å². The van der Waals surface area contributed by atoms with Gasteiger partial charge in [0, 0.05) is 12.1 Å². The van der Waals surface area contributed by atoms with Crippen LogP contribution in [0, 0.1) is 6.92 Å². The van der Waals surface area contributed by atoms with Crippen molar-refractivity contribution in [3.8, 4) is 17.2 Å². The van der Waals surface area contributed by atoms with E-state index in [2.05, 4.69) is 26.0 Å². The molecule has 1 heterocycles. The van der Waals surface area contributed by atoms with Crippen molar-refractivity contribution < 1.29 is 19.0 Å². The third-order valence-electron chi connectivity index (χ3n) is 6.59. The van der Waals surface area contributed by atoms with Gasteiger partial charge in [-0.15, -0.1) is 0 Å². The number of benzene rings is 3. The van der Waals surface area contributed by atoms with Crippen molar-refractivity contribution in [1.82, 2.24) is 4.90 Å². The third-order valence-corrected chi connectivity index (χ3v) is 6.59. The molecule has 34 heavy (non-hydrogen) atoms. The smallest absolute Gasteiger partial charge is 0.254 e. The van der Waals surface area contributed by atoms with Crippen molar-refractivity contribution in [3.63, 3.8) is 0 Å². The Bertz CT molecular complexity index is 1150. The Balaban J connectivity index is 1.69. The molecule has 0 saturated carbocycles. The Labute approximate surface area is 202 Å². The van der Waals surface area contributed by atoms with Crippen LogP contribution in [-0.4, -0.2) is 38.2 Å². The van der Waals surface area contributed by atoms with Crippen LogP contribution in [0.2, 0.25) is 0 Å². The topological polar surface area (TPSA) is 48.0 Å². The molecule has 0 bridgehead atoms. The summed E-state index contributed by atoms with van der Waals surface area (Å²) in [6.45, 7) is 7.27. The summed E-state index contributed by atoms with van der Waals surface area (Å²) >= 11 is 0. The van der Waals surface area contributed by atoms with Gasteiger partial charge in [-0.05, 0) is 71.8 Å². The molecule has 5 heteroatoms. The highest BCUT2D eigenvalue weighted by Gasteiger charge is 2.33. The number of rotatable bonds is 7. The van der Waals surface area contributed by atoms with E-state index in [4.69, 9.17) is 14.2 Å². The third kappa shape index (κ3) is 4.74. The Hall–Kier alpha value is -3.47. The lowest BCUT2D eigenvalue weighted by Crippen LogP contribution is -2.42. The van der Waals surface area contributed by atoms with Gasteiger partial charge in [0.2, 0.25) is 0 Å². The van der Waals surface area contributed by atoms with Gasteiger partial charge in [0.05, 0.1) is 20.3 Å². The lowest BCUT2D eigenvalue weighted by atomic mass is 9.91. The van der Waals surface area contributed by atoms with Crippen LogP contribution in [0.25, 0.3) is 0 Å². The summed E-state index contributed by atoms with van der Waals surface area (Å²) in [4.78, 5) is 15.6. The first kappa shape index (κ1) is 23.7. The fourth-order valence-corrected chi connectivity index (χ4v) is 4.54. The summed E-state index contributed by atoms with van der Waals surface area (Å²) in [5.41, 5.74) is 5.13. The number of methoxy groups -OCH3 is 2. The van der Waals surface area contributed by atoms with E-state index in [1.807, 2.05) is 60.4 Å². The van der Waals surface area contributed by atoms with Crippen LogP contribution in [0.15, 0.2) is 60.7 Å². The summed E-state index contributed by atoms with van der Waals surface area (Å²) in [6.07, 6.45) is 0.743. The molecule has 0 radical (unpaired) electrons. The number of aryl methyl sites for hydroxylation is 1. The van der Waals surface area contributed by atoms with Crippen molar-refractivity contribution >= 4 is 5.91 Å². The van der Waals surface area contributed by atoms with Crippen LogP contribution < -0.4 is 14.2 Å². The molecule has 0 saturated heterocycles. The van der Waals surface area contributed by atoms with Gasteiger partial charge in [0.15, 0.2) is 11.5 Å². The zero-order valence-electron chi connectivity index (χ0n) is 20.6. The van der Waals surface area contributed by atoms with Crippen LogP contribution >= 0.6 is 0 Å². The predicted octanol–water partition coefficient (Wildman–Crippen LogP) is 5.95. The number of carbonyl (C=O) groups excluding carboxylic acids is 1. The Morgan fingerprint density at radius 1 is 1.00 bits per heavy atom. The molecule has 0 fully saturated rings. The number of fused-ring (bicyclic) bond motifs is 1. The normalized spacial score (nSPS) is 15.1. The SMILES string of the molecule is COc1cc2c(cc1OC)[C@H](COc1ccc(C(C)C)cc1)N(C(=O)c1ccccc1C)CC2. The molecule has 4 rings (SSSR count). The summed E-state index contributed by atoms with van der Waals surface area (Å²) in [5, 5.41) is 0. The van der Waals surface area contributed by atoms with Gasteiger partial charge in [0.1, 0.15) is 12.4 Å². The standard InChI is InChI=1S/C29H33NO4/c1-19(2)21-10-12-23(13-11-21)34-18-26-25-17-28(33-5)27(32-4)16-22(25)14-15-30(26)29(31)24-9-7-6-8-20(24)3/h6-13,16-17,19,26H,14-15,18H2,1-5H3/t26-/m0/s1. The van der Waals surface area contributed by atoms with Crippen LogP contribution in [0.5, 0.6) is 17.2 Å². The van der Waals surface area contributed by atoms with Gasteiger partial charge in [-0.3, -0.25) is 4.79 Å². The van der Waals surface area contributed by atoms with Gasteiger partial charge in [-0.1, -0.05) is 44.2 Å². The number of amides is 1. The molecule has 1 amide bonds. The van der Waals surface area contributed by atoms with E-state index in [0.29, 0.717) is 30.6 Å². The molecule has 0 aliphatic carbocycles. The maximum absolute atomic E-state index is 13.7. The molecule has 0 aromatic heterocycles. The molecular formula is C29H33NO4. The summed E-state index contributed by atoms with van der Waals surface area (Å²) in [7, 11) is 3.27. The van der Waals surface area contributed by atoms with Gasteiger partial charge in [-0.25, -0.2) is 0 Å². The van der Waals surface area contributed by atoms with E-state index in [1.165, 1.54) is 5.56 Å². The van der Waals surface area contributed by atoms with Crippen molar-refractivity contribution in [2.45, 2.75) is 39.2 Å². The second kappa shape index (κ2) is 10.2. The van der Waals surface area contributed by atoms with Crippen molar-refractivity contribution in [2.24, 2.45) is 0 Å². The number of hydrogen-bond acceptors (Lipinski definition) is 4. The van der Waals surface area contributed by atoms with E-state index in [1.54, 1.807) is 14.2 Å². The zero-order chi connectivity index (χ0) is 24.2. The molecule has 3 aromatic rings. The highest BCUT2D eigenvalue weighted by atomic mass is 16.5. The zero-order valence-corrected chi connectivity index (χ0v) is 20.6. The first-order valence-electron chi connectivity index (χ1n) is 11.8. The maximum Gasteiger partial charge on any atom is 0.254 e.